The van der Waals surface area contributed by atoms with Crippen LogP contribution in [-0.4, -0.2) is 52.5 Å². The smallest absolute Gasteiger partial charge is 0.138 e. The number of imidazole rings is 1. The first kappa shape index (κ1) is 21.3. The molecule has 0 amide bonds. The van der Waals surface area contributed by atoms with Crippen LogP contribution in [0, 0.1) is 17.1 Å². The molecule has 1 aliphatic rings. The molecule has 0 aliphatic carbocycles. The Balaban J connectivity index is 1.26. The minimum atomic E-state index is -0.270. The van der Waals surface area contributed by atoms with Crippen LogP contribution in [0.4, 0.5) is 4.39 Å². The molecule has 0 bridgehead atoms. The summed E-state index contributed by atoms with van der Waals surface area (Å²) in [6.07, 6.45) is 0.607. The molecule has 0 radical (unpaired) electrons. The van der Waals surface area contributed by atoms with E-state index in [0.29, 0.717) is 11.9 Å². The van der Waals surface area contributed by atoms with Crippen LogP contribution in [0.1, 0.15) is 12.0 Å². The summed E-state index contributed by atoms with van der Waals surface area (Å²) >= 11 is 0. The van der Waals surface area contributed by atoms with Crippen molar-refractivity contribution in [1.82, 2.24) is 19.8 Å². The molecule has 1 aromatic heterocycles. The van der Waals surface area contributed by atoms with E-state index in [0.717, 1.165) is 61.7 Å². The molecule has 5 rings (SSSR count). The maximum absolute atomic E-state index is 13.5. The third-order valence-electron chi connectivity index (χ3n) is 6.27. The van der Waals surface area contributed by atoms with Crippen molar-refractivity contribution >= 4 is 11.0 Å². The minimum absolute atomic E-state index is 0.270. The number of benzene rings is 3. The minimum Gasteiger partial charge on any atom is -0.338 e. The predicted octanol–water partition coefficient (Wildman–Crippen LogP) is 5.07. The van der Waals surface area contributed by atoms with E-state index in [1.807, 2.05) is 0 Å². The van der Waals surface area contributed by atoms with Crippen LogP contribution in [0.3, 0.4) is 0 Å². The first-order valence-corrected chi connectivity index (χ1v) is 11.3. The van der Waals surface area contributed by atoms with Crippen molar-refractivity contribution in [3.05, 3.63) is 78.1 Å². The molecule has 4 aromatic rings. The molecular weight excluding hydrogens is 413 g/mol. The summed E-state index contributed by atoms with van der Waals surface area (Å²) in [5.41, 5.74) is 6.09. The summed E-state index contributed by atoms with van der Waals surface area (Å²) in [7, 11) is 0. The molecule has 1 aliphatic heterocycles. The van der Waals surface area contributed by atoms with Crippen molar-refractivity contribution in [3.8, 4) is 28.6 Å². The van der Waals surface area contributed by atoms with Gasteiger partial charge in [-0.3, -0.25) is 9.80 Å². The molecule has 1 saturated heterocycles. The first-order chi connectivity index (χ1) is 16.2. The van der Waals surface area contributed by atoms with Crippen LogP contribution in [0.2, 0.25) is 0 Å². The van der Waals surface area contributed by atoms with Crippen LogP contribution < -0.4 is 0 Å². The molecule has 0 saturated carbocycles. The molecular formula is C27H26FN5. The highest BCUT2D eigenvalue weighted by molar-refractivity contribution is 5.80. The van der Waals surface area contributed by atoms with Gasteiger partial charge in [-0.25, -0.2) is 9.37 Å². The van der Waals surface area contributed by atoms with Gasteiger partial charge in [0.1, 0.15) is 11.6 Å². The number of piperazine rings is 1. The van der Waals surface area contributed by atoms with E-state index in [1.54, 1.807) is 6.07 Å². The number of aromatic amines is 1. The lowest BCUT2D eigenvalue weighted by molar-refractivity contribution is 0.129. The fourth-order valence-corrected chi connectivity index (χ4v) is 4.43. The van der Waals surface area contributed by atoms with Crippen LogP contribution in [0.25, 0.3) is 33.5 Å². The molecule has 5 nitrogen and oxygen atoms in total. The van der Waals surface area contributed by atoms with Crippen molar-refractivity contribution in [2.75, 3.05) is 32.7 Å². The summed E-state index contributed by atoms with van der Waals surface area (Å²) in [6.45, 7) is 5.93. The van der Waals surface area contributed by atoms with E-state index in [2.05, 4.69) is 74.4 Å². The van der Waals surface area contributed by atoms with Crippen LogP contribution in [0.5, 0.6) is 0 Å². The lowest BCUT2D eigenvalue weighted by Gasteiger charge is -2.34. The lowest BCUT2D eigenvalue weighted by atomic mass is 10.0. The maximum Gasteiger partial charge on any atom is 0.138 e. The number of fused-ring (bicyclic) bond motifs is 1. The fourth-order valence-electron chi connectivity index (χ4n) is 4.43. The maximum atomic E-state index is 13.5. The lowest BCUT2D eigenvalue weighted by Crippen LogP contribution is -2.46. The largest absolute Gasteiger partial charge is 0.338 e. The number of H-pyrrole nitrogens is 1. The zero-order valence-electron chi connectivity index (χ0n) is 18.5. The molecule has 0 atom stereocenters. The number of nitrogens with zero attached hydrogens (tertiary/aromatic N) is 4. The molecule has 166 valence electrons. The van der Waals surface area contributed by atoms with Gasteiger partial charge in [-0.1, -0.05) is 42.5 Å². The van der Waals surface area contributed by atoms with E-state index in [9.17, 15) is 4.39 Å². The highest BCUT2D eigenvalue weighted by Gasteiger charge is 2.16. The number of hydrogen-bond acceptors (Lipinski definition) is 4. The Morgan fingerprint density at radius 3 is 2.42 bits per heavy atom. The zero-order valence-corrected chi connectivity index (χ0v) is 18.5. The Kier molecular flexibility index (Phi) is 6.16. The average Bonchev–Trinajstić information content (AvgIpc) is 3.27. The van der Waals surface area contributed by atoms with Crippen molar-refractivity contribution < 1.29 is 4.39 Å². The van der Waals surface area contributed by atoms with Gasteiger partial charge < -0.3 is 4.98 Å². The van der Waals surface area contributed by atoms with Crippen LogP contribution in [-0.2, 0) is 6.54 Å². The Morgan fingerprint density at radius 1 is 0.879 bits per heavy atom. The molecule has 3 aromatic carbocycles. The Bertz CT molecular complexity index is 1280. The van der Waals surface area contributed by atoms with E-state index in [1.165, 1.54) is 23.3 Å². The fraction of sp³-hybridized carbons (Fsp3) is 0.259. The van der Waals surface area contributed by atoms with Crippen LogP contribution in [0.15, 0.2) is 66.7 Å². The number of aromatic nitrogens is 2. The molecule has 1 fully saturated rings. The van der Waals surface area contributed by atoms with Crippen molar-refractivity contribution in [3.63, 3.8) is 0 Å². The first-order valence-electron chi connectivity index (χ1n) is 11.3. The van der Waals surface area contributed by atoms with Gasteiger partial charge >= 0.3 is 0 Å². The van der Waals surface area contributed by atoms with E-state index in [-0.39, 0.29) is 5.82 Å². The van der Waals surface area contributed by atoms with Gasteiger partial charge in [-0.15, -0.1) is 0 Å². The van der Waals surface area contributed by atoms with Crippen molar-refractivity contribution in [2.24, 2.45) is 0 Å². The van der Waals surface area contributed by atoms with Gasteiger partial charge in [0.05, 0.1) is 17.1 Å². The summed E-state index contributed by atoms with van der Waals surface area (Å²) in [6, 6.07) is 23.9. The molecule has 6 heteroatoms. The predicted molar refractivity (Wildman–Crippen MR) is 129 cm³/mol. The quantitative estimate of drug-likeness (QED) is 0.456. The van der Waals surface area contributed by atoms with Gasteiger partial charge in [0.15, 0.2) is 0 Å². The van der Waals surface area contributed by atoms with E-state index >= 15 is 0 Å². The van der Waals surface area contributed by atoms with Gasteiger partial charge in [0.25, 0.3) is 0 Å². The molecule has 2 heterocycles. The Hall–Kier alpha value is -3.53. The second-order valence-electron chi connectivity index (χ2n) is 8.55. The van der Waals surface area contributed by atoms with Crippen molar-refractivity contribution in [1.29, 1.82) is 5.26 Å². The normalized spacial score (nSPS) is 15.0. The van der Waals surface area contributed by atoms with Crippen LogP contribution >= 0.6 is 0 Å². The summed E-state index contributed by atoms with van der Waals surface area (Å²) in [5.74, 6) is 0.471. The zero-order chi connectivity index (χ0) is 22.6. The SMILES string of the molecule is N#CCCN1CCN(Cc2cccc(-c3ccc(-c4nc5ccc(F)cc5[nH]4)cc3)c2)CC1. The van der Waals surface area contributed by atoms with Gasteiger partial charge in [0, 0.05) is 51.3 Å². The number of rotatable bonds is 6. The second-order valence-corrected chi connectivity index (χ2v) is 8.55. The molecule has 0 spiro atoms. The second kappa shape index (κ2) is 9.53. The number of nitriles is 1. The summed E-state index contributed by atoms with van der Waals surface area (Å²) in [5, 5.41) is 8.77. The van der Waals surface area contributed by atoms with Gasteiger partial charge in [0.2, 0.25) is 0 Å². The highest BCUT2D eigenvalue weighted by atomic mass is 19.1. The average molecular weight is 440 g/mol. The molecule has 1 N–H and O–H groups in total. The third kappa shape index (κ3) is 4.95. The highest BCUT2D eigenvalue weighted by Crippen LogP contribution is 2.26. The van der Waals surface area contributed by atoms with Gasteiger partial charge in [-0.2, -0.15) is 5.26 Å². The van der Waals surface area contributed by atoms with Crippen molar-refractivity contribution in [2.45, 2.75) is 13.0 Å². The van der Waals surface area contributed by atoms with E-state index < -0.39 is 0 Å². The number of hydrogen-bond donors (Lipinski definition) is 1. The standard InChI is InChI=1S/C27H26FN5/c28-24-9-10-25-26(18-24)31-27(30-25)22-7-5-21(6-8-22)23-4-1-3-20(17-23)19-33-15-13-32(14-16-33)12-2-11-29/h1,3-10,17-18H,2,12-16,19H2,(H,30,31). The summed E-state index contributed by atoms with van der Waals surface area (Å²) < 4.78 is 13.5. The topological polar surface area (TPSA) is 59.0 Å². The summed E-state index contributed by atoms with van der Waals surface area (Å²) in [4.78, 5) is 12.6. The van der Waals surface area contributed by atoms with Gasteiger partial charge in [-0.05, 0) is 41.0 Å². The number of halogens is 1. The monoisotopic (exact) mass is 439 g/mol. The Labute approximate surface area is 193 Å². The van der Waals surface area contributed by atoms with E-state index in [4.69, 9.17) is 5.26 Å². The molecule has 0 unspecified atom stereocenters. The Morgan fingerprint density at radius 2 is 1.64 bits per heavy atom. The molecule has 33 heavy (non-hydrogen) atoms. The number of nitrogens with one attached hydrogen (secondary N) is 1. The third-order valence-corrected chi connectivity index (χ3v) is 6.27.